The second-order valence-corrected chi connectivity index (χ2v) is 7.63. The van der Waals surface area contributed by atoms with Gasteiger partial charge in [0.25, 0.3) is 0 Å². The van der Waals surface area contributed by atoms with Gasteiger partial charge in [-0.1, -0.05) is 60.7 Å². The number of likely N-dealkylation sites (N-methyl/N-ethyl adjacent to an activating group) is 1. The van der Waals surface area contributed by atoms with E-state index in [9.17, 15) is 4.79 Å². The van der Waals surface area contributed by atoms with Crippen LogP contribution in [0.1, 0.15) is 23.0 Å². The number of aromatic nitrogens is 1. The fraction of sp³-hybridized carbons (Fsp3) is 0.273. The summed E-state index contributed by atoms with van der Waals surface area (Å²) in [6.45, 7) is 0.600. The topological polar surface area (TPSA) is 45.2 Å². The summed E-state index contributed by atoms with van der Waals surface area (Å²) in [6.07, 6.45) is 1.12. The van der Waals surface area contributed by atoms with E-state index >= 15 is 0 Å². The highest BCUT2D eigenvalue weighted by molar-refractivity contribution is 7.09. The Labute approximate surface area is 164 Å². The number of hydrogen-bond donors (Lipinski definition) is 1. The number of benzene rings is 2. The number of rotatable bonds is 8. The normalized spacial score (nSPS) is 12.1. The largest absolute Gasteiger partial charge is 0.354 e. The van der Waals surface area contributed by atoms with E-state index in [2.05, 4.69) is 44.8 Å². The molecule has 5 heteroatoms. The third-order valence-electron chi connectivity index (χ3n) is 4.49. The van der Waals surface area contributed by atoms with Gasteiger partial charge in [-0.25, -0.2) is 4.98 Å². The second kappa shape index (κ2) is 9.44. The Morgan fingerprint density at radius 1 is 1.07 bits per heavy atom. The van der Waals surface area contributed by atoms with Crippen LogP contribution in [0, 0.1) is 0 Å². The van der Waals surface area contributed by atoms with Gasteiger partial charge < -0.3 is 10.2 Å². The summed E-state index contributed by atoms with van der Waals surface area (Å²) in [5.41, 5.74) is 3.30. The zero-order chi connectivity index (χ0) is 19.1. The maximum absolute atomic E-state index is 12.3. The molecule has 27 heavy (non-hydrogen) atoms. The number of aryl methyl sites for hydroxylation is 1. The van der Waals surface area contributed by atoms with Gasteiger partial charge in [0.1, 0.15) is 0 Å². The average molecular weight is 380 g/mol. The van der Waals surface area contributed by atoms with E-state index in [1.807, 2.05) is 50.5 Å². The average Bonchev–Trinajstić information content (AvgIpc) is 3.17. The molecule has 0 saturated carbocycles. The van der Waals surface area contributed by atoms with Crippen LogP contribution in [0.5, 0.6) is 0 Å². The molecule has 0 aliphatic rings. The third kappa shape index (κ3) is 5.49. The van der Waals surface area contributed by atoms with Crippen LogP contribution in [0.2, 0.25) is 0 Å². The van der Waals surface area contributed by atoms with Crippen molar-refractivity contribution >= 4 is 17.2 Å². The lowest BCUT2D eigenvalue weighted by molar-refractivity contribution is -0.121. The second-order valence-electron chi connectivity index (χ2n) is 6.69. The van der Waals surface area contributed by atoms with Crippen molar-refractivity contribution in [3.63, 3.8) is 0 Å². The van der Waals surface area contributed by atoms with Crippen molar-refractivity contribution in [2.75, 3.05) is 20.6 Å². The third-order valence-corrected chi connectivity index (χ3v) is 5.40. The van der Waals surface area contributed by atoms with Crippen LogP contribution >= 0.6 is 11.3 Å². The van der Waals surface area contributed by atoms with Gasteiger partial charge in [0, 0.05) is 30.3 Å². The first kappa shape index (κ1) is 19.3. The van der Waals surface area contributed by atoms with E-state index in [0.717, 1.165) is 16.3 Å². The molecule has 2 aromatic carbocycles. The van der Waals surface area contributed by atoms with Crippen LogP contribution in [0.25, 0.3) is 11.3 Å². The Balaban J connectivity index is 1.50. The fourth-order valence-electron chi connectivity index (χ4n) is 2.96. The van der Waals surface area contributed by atoms with Crippen LogP contribution in [-0.2, 0) is 11.2 Å². The SMILES string of the molecule is CN(C)C(CNC(=O)CCc1nc(-c2ccccc2)cs1)c1ccccc1. The lowest BCUT2D eigenvalue weighted by atomic mass is 10.1. The molecule has 0 saturated heterocycles. The summed E-state index contributed by atoms with van der Waals surface area (Å²) in [5.74, 6) is 0.0641. The highest BCUT2D eigenvalue weighted by atomic mass is 32.1. The molecule has 1 aromatic heterocycles. The molecule has 0 aliphatic carbocycles. The first-order chi connectivity index (χ1) is 13.1. The minimum atomic E-state index is 0.0641. The highest BCUT2D eigenvalue weighted by Gasteiger charge is 2.15. The molecule has 1 unspecified atom stereocenters. The van der Waals surface area contributed by atoms with Crippen molar-refractivity contribution in [3.05, 3.63) is 76.6 Å². The van der Waals surface area contributed by atoms with Crippen molar-refractivity contribution in [1.82, 2.24) is 15.2 Å². The van der Waals surface area contributed by atoms with Crippen LogP contribution in [0.4, 0.5) is 0 Å². The summed E-state index contributed by atoms with van der Waals surface area (Å²) in [4.78, 5) is 19.1. The molecule has 1 amide bonds. The Bertz CT molecular complexity index is 846. The standard InChI is InChI=1S/C22H25N3OS/c1-25(2)20(18-11-7-4-8-12-18)15-23-21(26)13-14-22-24-19(16-27-22)17-9-5-3-6-10-17/h3-12,16,20H,13-15H2,1-2H3,(H,23,26). The summed E-state index contributed by atoms with van der Waals surface area (Å²) >= 11 is 1.61. The minimum Gasteiger partial charge on any atom is -0.354 e. The molecule has 1 atom stereocenters. The maximum atomic E-state index is 12.3. The van der Waals surface area contributed by atoms with E-state index in [0.29, 0.717) is 19.4 Å². The van der Waals surface area contributed by atoms with Crippen molar-refractivity contribution in [1.29, 1.82) is 0 Å². The molecule has 3 aromatic rings. The van der Waals surface area contributed by atoms with E-state index in [1.165, 1.54) is 5.56 Å². The predicted molar refractivity (Wildman–Crippen MR) is 112 cm³/mol. The lowest BCUT2D eigenvalue weighted by Crippen LogP contribution is -2.34. The molecule has 1 heterocycles. The fourth-order valence-corrected chi connectivity index (χ4v) is 3.77. The van der Waals surface area contributed by atoms with Gasteiger partial charge in [0.15, 0.2) is 0 Å². The van der Waals surface area contributed by atoms with Crippen molar-refractivity contribution < 1.29 is 4.79 Å². The van der Waals surface area contributed by atoms with Crippen molar-refractivity contribution in [2.24, 2.45) is 0 Å². The van der Waals surface area contributed by atoms with Gasteiger partial charge in [0.05, 0.1) is 16.7 Å². The summed E-state index contributed by atoms with van der Waals surface area (Å²) in [7, 11) is 4.06. The van der Waals surface area contributed by atoms with Gasteiger partial charge in [-0.05, 0) is 19.7 Å². The Hall–Kier alpha value is -2.50. The molecule has 0 aliphatic heterocycles. The molecule has 0 radical (unpaired) electrons. The zero-order valence-electron chi connectivity index (χ0n) is 15.8. The van der Waals surface area contributed by atoms with E-state index in [1.54, 1.807) is 11.3 Å². The number of nitrogens with zero attached hydrogens (tertiary/aromatic N) is 2. The summed E-state index contributed by atoms with van der Waals surface area (Å²) in [6, 6.07) is 20.5. The monoisotopic (exact) mass is 379 g/mol. The first-order valence-corrected chi connectivity index (χ1v) is 9.99. The lowest BCUT2D eigenvalue weighted by Gasteiger charge is -2.25. The van der Waals surface area contributed by atoms with Crippen molar-refractivity contribution in [3.8, 4) is 11.3 Å². The quantitative estimate of drug-likeness (QED) is 0.639. The number of hydrogen-bond acceptors (Lipinski definition) is 4. The Morgan fingerprint density at radius 2 is 1.74 bits per heavy atom. The molecule has 0 fully saturated rings. The zero-order valence-corrected chi connectivity index (χ0v) is 16.6. The number of nitrogens with one attached hydrogen (secondary N) is 1. The number of amides is 1. The molecule has 3 rings (SSSR count). The molecular formula is C22H25N3OS. The van der Waals surface area contributed by atoms with Crippen LogP contribution < -0.4 is 5.32 Å². The molecule has 140 valence electrons. The first-order valence-electron chi connectivity index (χ1n) is 9.11. The molecule has 4 nitrogen and oxygen atoms in total. The Morgan fingerprint density at radius 3 is 2.41 bits per heavy atom. The van der Waals surface area contributed by atoms with Crippen LogP contribution in [0.3, 0.4) is 0 Å². The van der Waals surface area contributed by atoms with Gasteiger partial charge >= 0.3 is 0 Å². The number of thiazole rings is 1. The van der Waals surface area contributed by atoms with E-state index in [-0.39, 0.29) is 11.9 Å². The number of carbonyl (C=O) groups is 1. The molecular weight excluding hydrogens is 354 g/mol. The van der Waals surface area contributed by atoms with E-state index < -0.39 is 0 Å². The van der Waals surface area contributed by atoms with Gasteiger partial charge in [-0.15, -0.1) is 11.3 Å². The smallest absolute Gasteiger partial charge is 0.220 e. The van der Waals surface area contributed by atoms with Gasteiger partial charge in [-0.2, -0.15) is 0 Å². The predicted octanol–water partition coefficient (Wildman–Crippen LogP) is 4.16. The molecule has 0 spiro atoms. The van der Waals surface area contributed by atoms with Crippen LogP contribution in [-0.4, -0.2) is 36.4 Å². The van der Waals surface area contributed by atoms with Gasteiger partial charge in [0.2, 0.25) is 5.91 Å². The van der Waals surface area contributed by atoms with Gasteiger partial charge in [-0.3, -0.25) is 4.79 Å². The maximum Gasteiger partial charge on any atom is 0.220 e. The summed E-state index contributed by atoms with van der Waals surface area (Å²) in [5, 5.41) is 6.12. The van der Waals surface area contributed by atoms with Crippen molar-refractivity contribution in [2.45, 2.75) is 18.9 Å². The van der Waals surface area contributed by atoms with Crippen LogP contribution in [0.15, 0.2) is 66.0 Å². The summed E-state index contributed by atoms with van der Waals surface area (Å²) < 4.78 is 0. The van der Waals surface area contributed by atoms with E-state index in [4.69, 9.17) is 0 Å². The number of carbonyl (C=O) groups excluding carboxylic acids is 1. The molecule has 1 N–H and O–H groups in total. The molecule has 0 bridgehead atoms. The minimum absolute atomic E-state index is 0.0641. The highest BCUT2D eigenvalue weighted by Crippen LogP contribution is 2.22. The Kier molecular flexibility index (Phi) is 6.74.